The van der Waals surface area contributed by atoms with E-state index >= 15 is 0 Å². The van der Waals surface area contributed by atoms with E-state index in [1.807, 2.05) is 31.2 Å². The average Bonchev–Trinajstić information content (AvgIpc) is 3.19. The number of carbonyl (C=O) groups excluding carboxylic acids is 2. The van der Waals surface area contributed by atoms with Gasteiger partial charge in [-0.25, -0.2) is 0 Å². The Balaban J connectivity index is 1.57. The van der Waals surface area contributed by atoms with Crippen LogP contribution >= 0.6 is 0 Å². The Morgan fingerprint density at radius 2 is 1.71 bits per heavy atom. The molecule has 0 unspecified atom stereocenters. The summed E-state index contributed by atoms with van der Waals surface area (Å²) in [5.41, 5.74) is 3.93. The van der Waals surface area contributed by atoms with E-state index in [2.05, 4.69) is 20.6 Å². The Morgan fingerprint density at radius 1 is 0.893 bits per heavy atom. The van der Waals surface area contributed by atoms with Crippen molar-refractivity contribution in [1.29, 1.82) is 0 Å². The van der Waals surface area contributed by atoms with Crippen LogP contribution in [0.5, 0.6) is 0 Å². The molecule has 28 heavy (non-hydrogen) atoms. The number of pyridine rings is 1. The van der Waals surface area contributed by atoms with E-state index in [-0.39, 0.29) is 11.8 Å². The number of aromatic amines is 1. The highest BCUT2D eigenvalue weighted by Gasteiger charge is 2.14. The lowest BCUT2D eigenvalue weighted by atomic mass is 10.1. The van der Waals surface area contributed by atoms with Crippen LogP contribution in [0.1, 0.15) is 26.3 Å². The number of aryl methyl sites for hydroxylation is 1. The van der Waals surface area contributed by atoms with Crippen LogP contribution in [0.25, 0.3) is 10.9 Å². The van der Waals surface area contributed by atoms with Crippen molar-refractivity contribution in [3.05, 3.63) is 89.9 Å². The third kappa shape index (κ3) is 3.48. The first-order chi connectivity index (χ1) is 13.6. The predicted molar refractivity (Wildman–Crippen MR) is 110 cm³/mol. The van der Waals surface area contributed by atoms with Crippen LogP contribution in [0, 0.1) is 6.92 Å². The van der Waals surface area contributed by atoms with Crippen molar-refractivity contribution in [2.75, 3.05) is 10.6 Å². The van der Waals surface area contributed by atoms with Gasteiger partial charge in [0.1, 0.15) is 0 Å². The minimum Gasteiger partial charge on any atom is -0.361 e. The molecule has 6 nitrogen and oxygen atoms in total. The summed E-state index contributed by atoms with van der Waals surface area (Å²) in [4.78, 5) is 32.5. The highest BCUT2D eigenvalue weighted by molar-refractivity contribution is 6.13. The molecule has 2 aromatic heterocycles. The van der Waals surface area contributed by atoms with Gasteiger partial charge < -0.3 is 15.6 Å². The molecule has 0 radical (unpaired) electrons. The second-order valence-electron chi connectivity index (χ2n) is 6.42. The van der Waals surface area contributed by atoms with E-state index < -0.39 is 0 Å². The average molecular weight is 370 g/mol. The number of anilines is 2. The van der Waals surface area contributed by atoms with Gasteiger partial charge in [0.2, 0.25) is 0 Å². The number of rotatable bonds is 4. The van der Waals surface area contributed by atoms with E-state index in [9.17, 15) is 9.59 Å². The molecule has 0 fully saturated rings. The van der Waals surface area contributed by atoms with Gasteiger partial charge in [0.05, 0.1) is 11.9 Å². The van der Waals surface area contributed by atoms with E-state index in [4.69, 9.17) is 0 Å². The smallest absolute Gasteiger partial charge is 0.256 e. The van der Waals surface area contributed by atoms with Crippen molar-refractivity contribution in [3.8, 4) is 0 Å². The SMILES string of the molecule is Cc1ccc(NC(=O)c2cccc3[nH]ccc23)cc1C(=O)Nc1cccnc1. The van der Waals surface area contributed by atoms with Gasteiger partial charge >= 0.3 is 0 Å². The summed E-state index contributed by atoms with van der Waals surface area (Å²) in [5.74, 6) is -0.484. The zero-order valence-electron chi connectivity index (χ0n) is 15.2. The summed E-state index contributed by atoms with van der Waals surface area (Å²) in [7, 11) is 0. The molecule has 0 bridgehead atoms. The summed E-state index contributed by atoms with van der Waals surface area (Å²) < 4.78 is 0. The lowest BCUT2D eigenvalue weighted by Crippen LogP contribution is -2.16. The van der Waals surface area contributed by atoms with E-state index in [1.54, 1.807) is 48.9 Å². The molecule has 0 aliphatic carbocycles. The summed E-state index contributed by atoms with van der Waals surface area (Å²) in [6.07, 6.45) is 5.02. The number of aromatic nitrogens is 2. The van der Waals surface area contributed by atoms with Crippen molar-refractivity contribution >= 4 is 34.1 Å². The summed E-state index contributed by atoms with van der Waals surface area (Å²) in [5, 5.41) is 6.54. The maximum absolute atomic E-state index is 12.7. The topological polar surface area (TPSA) is 86.9 Å². The largest absolute Gasteiger partial charge is 0.361 e. The fraction of sp³-hybridized carbons (Fsp3) is 0.0455. The Hall–Kier alpha value is -3.93. The Bertz CT molecular complexity index is 1170. The predicted octanol–water partition coefficient (Wildman–Crippen LogP) is 4.38. The Morgan fingerprint density at radius 3 is 2.54 bits per heavy atom. The van der Waals surface area contributed by atoms with Crippen LogP contribution in [0.4, 0.5) is 11.4 Å². The highest BCUT2D eigenvalue weighted by Crippen LogP contribution is 2.21. The molecule has 4 aromatic rings. The minimum absolute atomic E-state index is 0.229. The van der Waals surface area contributed by atoms with Crippen LogP contribution in [0.2, 0.25) is 0 Å². The van der Waals surface area contributed by atoms with Crippen molar-refractivity contribution in [3.63, 3.8) is 0 Å². The van der Waals surface area contributed by atoms with E-state index in [1.165, 1.54) is 0 Å². The van der Waals surface area contributed by atoms with Crippen molar-refractivity contribution in [2.24, 2.45) is 0 Å². The molecule has 0 saturated heterocycles. The van der Waals surface area contributed by atoms with E-state index in [0.717, 1.165) is 16.5 Å². The lowest BCUT2D eigenvalue weighted by Gasteiger charge is -2.11. The van der Waals surface area contributed by atoms with Crippen LogP contribution in [-0.2, 0) is 0 Å². The monoisotopic (exact) mass is 370 g/mol. The van der Waals surface area contributed by atoms with Gasteiger partial charge in [-0.2, -0.15) is 0 Å². The molecule has 2 amide bonds. The molecule has 138 valence electrons. The highest BCUT2D eigenvalue weighted by atomic mass is 16.2. The number of nitrogens with one attached hydrogen (secondary N) is 3. The number of fused-ring (bicyclic) bond motifs is 1. The number of carbonyl (C=O) groups is 2. The fourth-order valence-corrected chi connectivity index (χ4v) is 3.06. The molecule has 0 saturated carbocycles. The summed E-state index contributed by atoms with van der Waals surface area (Å²) in [6, 6.07) is 16.2. The van der Waals surface area contributed by atoms with Crippen molar-refractivity contribution in [1.82, 2.24) is 9.97 Å². The second kappa shape index (κ2) is 7.36. The zero-order chi connectivity index (χ0) is 19.5. The van der Waals surface area contributed by atoms with Crippen molar-refractivity contribution in [2.45, 2.75) is 6.92 Å². The third-order valence-electron chi connectivity index (χ3n) is 4.50. The lowest BCUT2D eigenvalue weighted by molar-refractivity contribution is 0.101. The fourth-order valence-electron chi connectivity index (χ4n) is 3.06. The van der Waals surface area contributed by atoms with Gasteiger partial charge in [0, 0.05) is 40.1 Å². The van der Waals surface area contributed by atoms with Crippen LogP contribution in [0.15, 0.2) is 73.2 Å². The van der Waals surface area contributed by atoms with Gasteiger partial charge in [-0.1, -0.05) is 12.1 Å². The molecule has 2 aromatic carbocycles. The number of hydrogen-bond donors (Lipinski definition) is 3. The summed E-state index contributed by atoms with van der Waals surface area (Å²) >= 11 is 0. The number of hydrogen-bond acceptors (Lipinski definition) is 3. The van der Waals surface area contributed by atoms with Crippen molar-refractivity contribution < 1.29 is 9.59 Å². The minimum atomic E-state index is -0.255. The number of nitrogens with zero attached hydrogens (tertiary/aromatic N) is 1. The zero-order valence-corrected chi connectivity index (χ0v) is 15.2. The molecule has 0 atom stereocenters. The molecule has 0 spiro atoms. The quantitative estimate of drug-likeness (QED) is 0.498. The molecule has 2 heterocycles. The molecule has 0 aliphatic rings. The summed E-state index contributed by atoms with van der Waals surface area (Å²) in [6.45, 7) is 1.85. The van der Waals surface area contributed by atoms with Crippen LogP contribution in [-0.4, -0.2) is 21.8 Å². The molecular weight excluding hydrogens is 352 g/mol. The second-order valence-corrected chi connectivity index (χ2v) is 6.42. The first-order valence-electron chi connectivity index (χ1n) is 8.81. The van der Waals surface area contributed by atoms with Crippen LogP contribution in [0.3, 0.4) is 0 Å². The number of H-pyrrole nitrogens is 1. The first kappa shape index (κ1) is 17.5. The Kier molecular flexibility index (Phi) is 4.60. The Labute approximate surface area is 161 Å². The van der Waals surface area contributed by atoms with E-state index in [0.29, 0.717) is 22.5 Å². The first-order valence-corrected chi connectivity index (χ1v) is 8.81. The molecule has 6 heteroatoms. The standard InChI is InChI=1S/C22H18N4O2/c1-14-7-8-15(12-19(14)22(28)26-16-4-3-10-23-13-16)25-21(27)18-5-2-6-20-17(18)9-11-24-20/h2-13,24H,1H3,(H,25,27)(H,26,28). The molecular formula is C22H18N4O2. The van der Waals surface area contributed by atoms with Gasteiger partial charge in [-0.3, -0.25) is 14.6 Å². The van der Waals surface area contributed by atoms with Gasteiger partial charge in [0.25, 0.3) is 11.8 Å². The maximum Gasteiger partial charge on any atom is 0.256 e. The van der Waals surface area contributed by atoms with Gasteiger partial charge in [-0.05, 0) is 55.0 Å². The molecule has 4 rings (SSSR count). The molecule has 3 N–H and O–H groups in total. The number of benzene rings is 2. The maximum atomic E-state index is 12.7. The van der Waals surface area contributed by atoms with Gasteiger partial charge in [-0.15, -0.1) is 0 Å². The van der Waals surface area contributed by atoms with Gasteiger partial charge in [0.15, 0.2) is 0 Å². The normalized spacial score (nSPS) is 10.6. The number of amides is 2. The third-order valence-corrected chi connectivity index (χ3v) is 4.50. The van der Waals surface area contributed by atoms with Crippen LogP contribution < -0.4 is 10.6 Å². The molecule has 0 aliphatic heterocycles.